The van der Waals surface area contributed by atoms with Crippen molar-refractivity contribution in [3.8, 4) is 0 Å². The molecule has 5 heterocycles. The molecule has 104 valence electrons. The minimum atomic E-state index is -0.0476. The molecule has 0 saturated carbocycles. The Morgan fingerprint density at radius 1 is 1.25 bits per heavy atom. The number of hydrogen-bond acceptors (Lipinski definition) is 5. The Morgan fingerprint density at radius 2 is 2.05 bits per heavy atom. The molecule has 0 amide bonds. The van der Waals surface area contributed by atoms with Crippen LogP contribution in [0.1, 0.15) is 12.8 Å². The number of carbonyl (C=O) groups excluding carboxylic acids is 1. The molecule has 1 unspecified atom stereocenters. The van der Waals surface area contributed by atoms with Crippen molar-refractivity contribution in [1.82, 2.24) is 24.4 Å². The Labute approximate surface area is 120 Å². The van der Waals surface area contributed by atoms with Gasteiger partial charge in [0.25, 0.3) is 0 Å². The van der Waals surface area contributed by atoms with Gasteiger partial charge in [-0.3, -0.25) is 9.69 Å². The fraction of sp³-hybridized carbons (Fsp3) is 0.538. The SMILES string of the molecule is O=C1C2CCN(CC2)C1Cn1cnc2c(Cl)ncnc21. The molecule has 2 aromatic rings. The zero-order valence-corrected chi connectivity index (χ0v) is 11.6. The van der Waals surface area contributed by atoms with E-state index in [0.29, 0.717) is 28.6 Å². The van der Waals surface area contributed by atoms with E-state index < -0.39 is 0 Å². The first kappa shape index (κ1) is 12.2. The Kier molecular flexibility index (Phi) is 2.75. The molecule has 1 atom stereocenters. The number of hydrogen-bond donors (Lipinski definition) is 0. The number of carbonyl (C=O) groups is 1. The van der Waals surface area contributed by atoms with Crippen LogP contribution in [0.5, 0.6) is 0 Å². The van der Waals surface area contributed by atoms with E-state index in [9.17, 15) is 4.79 Å². The van der Waals surface area contributed by atoms with Crippen LogP contribution < -0.4 is 0 Å². The molecule has 2 aromatic heterocycles. The van der Waals surface area contributed by atoms with Crippen molar-refractivity contribution in [2.45, 2.75) is 25.4 Å². The van der Waals surface area contributed by atoms with Gasteiger partial charge in [0.05, 0.1) is 12.4 Å². The molecule has 5 rings (SSSR count). The zero-order chi connectivity index (χ0) is 13.7. The highest BCUT2D eigenvalue weighted by molar-refractivity contribution is 6.33. The Balaban J connectivity index is 1.68. The number of piperidine rings is 3. The van der Waals surface area contributed by atoms with Crippen LogP contribution in [0.2, 0.25) is 5.15 Å². The molecule has 6 nitrogen and oxygen atoms in total. The Bertz CT molecular complexity index is 676. The van der Waals surface area contributed by atoms with Crippen molar-refractivity contribution in [2.24, 2.45) is 5.92 Å². The van der Waals surface area contributed by atoms with Gasteiger partial charge in [0.2, 0.25) is 0 Å². The van der Waals surface area contributed by atoms with E-state index in [1.165, 1.54) is 6.33 Å². The van der Waals surface area contributed by atoms with Gasteiger partial charge >= 0.3 is 0 Å². The predicted octanol–water partition coefficient (Wildman–Crippen LogP) is 1.14. The first-order valence-electron chi connectivity index (χ1n) is 6.83. The van der Waals surface area contributed by atoms with Crippen molar-refractivity contribution in [3.63, 3.8) is 0 Å². The van der Waals surface area contributed by atoms with Gasteiger partial charge < -0.3 is 4.57 Å². The summed E-state index contributed by atoms with van der Waals surface area (Å²) in [5.41, 5.74) is 1.29. The molecule has 7 heteroatoms. The third-order valence-corrected chi connectivity index (χ3v) is 4.70. The third kappa shape index (κ3) is 1.75. The van der Waals surface area contributed by atoms with Crippen LogP contribution in [0.25, 0.3) is 11.2 Å². The van der Waals surface area contributed by atoms with Gasteiger partial charge in [-0.15, -0.1) is 0 Å². The lowest BCUT2D eigenvalue weighted by Gasteiger charge is -2.44. The molecule has 3 aliphatic heterocycles. The van der Waals surface area contributed by atoms with E-state index in [1.807, 2.05) is 4.57 Å². The highest BCUT2D eigenvalue weighted by Gasteiger charge is 2.41. The lowest BCUT2D eigenvalue weighted by Crippen LogP contribution is -2.56. The average molecular weight is 292 g/mol. The fourth-order valence-electron chi connectivity index (χ4n) is 3.33. The maximum absolute atomic E-state index is 12.4. The van der Waals surface area contributed by atoms with Crippen LogP contribution in [0, 0.1) is 5.92 Å². The van der Waals surface area contributed by atoms with Crippen molar-refractivity contribution in [1.29, 1.82) is 0 Å². The molecule has 0 N–H and O–H groups in total. The number of nitrogens with zero attached hydrogens (tertiary/aromatic N) is 5. The van der Waals surface area contributed by atoms with E-state index in [1.54, 1.807) is 6.33 Å². The quantitative estimate of drug-likeness (QED) is 0.777. The molecular formula is C13H14ClN5O. The molecule has 3 fully saturated rings. The van der Waals surface area contributed by atoms with Crippen LogP contribution in [-0.2, 0) is 11.3 Å². The second-order valence-corrected chi connectivity index (χ2v) is 5.82. The summed E-state index contributed by atoms with van der Waals surface area (Å²) in [6, 6.07) is -0.0476. The summed E-state index contributed by atoms with van der Waals surface area (Å²) in [6.45, 7) is 2.63. The zero-order valence-electron chi connectivity index (χ0n) is 10.9. The Hall–Kier alpha value is -1.53. The highest BCUT2D eigenvalue weighted by Crippen LogP contribution is 2.30. The van der Waals surface area contributed by atoms with Crippen molar-refractivity contribution >= 4 is 28.5 Å². The predicted molar refractivity (Wildman–Crippen MR) is 73.4 cm³/mol. The second kappa shape index (κ2) is 4.49. The van der Waals surface area contributed by atoms with Crippen LogP contribution >= 0.6 is 11.6 Å². The van der Waals surface area contributed by atoms with Gasteiger partial charge in [0, 0.05) is 12.5 Å². The molecule has 20 heavy (non-hydrogen) atoms. The van der Waals surface area contributed by atoms with Crippen LogP contribution in [0.4, 0.5) is 0 Å². The number of imidazole rings is 1. The minimum absolute atomic E-state index is 0.0476. The first-order valence-corrected chi connectivity index (χ1v) is 7.21. The number of fused-ring (bicyclic) bond motifs is 4. The van der Waals surface area contributed by atoms with Crippen molar-refractivity contribution < 1.29 is 4.79 Å². The summed E-state index contributed by atoms with van der Waals surface area (Å²) >= 11 is 6.00. The van der Waals surface area contributed by atoms with E-state index in [-0.39, 0.29) is 12.0 Å². The summed E-state index contributed by atoms with van der Waals surface area (Å²) in [7, 11) is 0. The van der Waals surface area contributed by atoms with E-state index in [4.69, 9.17) is 11.6 Å². The smallest absolute Gasteiger partial charge is 0.164 e. The van der Waals surface area contributed by atoms with Crippen molar-refractivity contribution in [3.05, 3.63) is 17.8 Å². The van der Waals surface area contributed by atoms with Gasteiger partial charge in [-0.2, -0.15) is 0 Å². The normalized spacial score (nSPS) is 29.2. The third-order valence-electron chi connectivity index (χ3n) is 4.43. The van der Waals surface area contributed by atoms with Crippen molar-refractivity contribution in [2.75, 3.05) is 13.1 Å². The topological polar surface area (TPSA) is 63.9 Å². The molecule has 0 aliphatic carbocycles. The molecule has 0 aromatic carbocycles. The highest BCUT2D eigenvalue weighted by atomic mass is 35.5. The molecule has 0 spiro atoms. The fourth-order valence-corrected chi connectivity index (χ4v) is 3.50. The van der Waals surface area contributed by atoms with E-state index in [0.717, 1.165) is 25.9 Å². The number of aromatic nitrogens is 4. The lowest BCUT2D eigenvalue weighted by molar-refractivity contribution is -0.137. The van der Waals surface area contributed by atoms with Gasteiger partial charge in [-0.25, -0.2) is 15.0 Å². The number of halogens is 1. The summed E-state index contributed by atoms with van der Waals surface area (Å²) in [6.07, 6.45) is 5.14. The minimum Gasteiger partial charge on any atom is -0.313 e. The molecular weight excluding hydrogens is 278 g/mol. The monoisotopic (exact) mass is 291 g/mol. The maximum Gasteiger partial charge on any atom is 0.164 e. The van der Waals surface area contributed by atoms with Crippen LogP contribution in [0.3, 0.4) is 0 Å². The first-order chi connectivity index (χ1) is 9.74. The molecule has 3 aliphatic rings. The lowest BCUT2D eigenvalue weighted by atomic mass is 9.82. The number of rotatable bonds is 2. The number of Topliss-reactive ketones (excluding diaryl/α,β-unsaturated/α-hetero) is 1. The second-order valence-electron chi connectivity index (χ2n) is 5.46. The standard InChI is InChI=1S/C13H14ClN5O/c14-12-10-13(16-6-15-12)19(7-17-10)5-9-11(20)8-1-3-18(9)4-2-8/h6-9H,1-5H2. The van der Waals surface area contributed by atoms with Crippen LogP contribution in [-0.4, -0.2) is 49.3 Å². The van der Waals surface area contributed by atoms with Crippen LogP contribution in [0.15, 0.2) is 12.7 Å². The average Bonchev–Trinajstić information content (AvgIpc) is 2.88. The molecule has 0 radical (unpaired) electrons. The molecule has 3 saturated heterocycles. The maximum atomic E-state index is 12.4. The van der Waals surface area contributed by atoms with Gasteiger partial charge in [-0.1, -0.05) is 11.6 Å². The van der Waals surface area contributed by atoms with E-state index >= 15 is 0 Å². The summed E-state index contributed by atoms with van der Waals surface area (Å²) in [4.78, 5) is 27.1. The van der Waals surface area contributed by atoms with Gasteiger partial charge in [-0.05, 0) is 25.9 Å². The molecule has 2 bridgehead atoms. The van der Waals surface area contributed by atoms with Gasteiger partial charge in [0.1, 0.15) is 11.8 Å². The summed E-state index contributed by atoms with van der Waals surface area (Å²) in [5, 5.41) is 0.352. The largest absolute Gasteiger partial charge is 0.313 e. The Morgan fingerprint density at radius 3 is 2.80 bits per heavy atom. The van der Waals surface area contributed by atoms with E-state index in [2.05, 4.69) is 19.9 Å². The van der Waals surface area contributed by atoms with Gasteiger partial charge in [0.15, 0.2) is 16.6 Å². The summed E-state index contributed by atoms with van der Waals surface area (Å²) in [5.74, 6) is 0.613. The number of ketones is 1. The summed E-state index contributed by atoms with van der Waals surface area (Å²) < 4.78 is 1.91.